The van der Waals surface area contributed by atoms with Crippen molar-refractivity contribution in [2.24, 2.45) is 5.73 Å². The van der Waals surface area contributed by atoms with E-state index in [1.807, 2.05) is 6.92 Å². The first-order chi connectivity index (χ1) is 9.04. The molecule has 1 atom stereocenters. The fourth-order valence-electron chi connectivity index (χ4n) is 1.71. The van der Waals surface area contributed by atoms with Gasteiger partial charge >= 0.3 is 5.69 Å². The van der Waals surface area contributed by atoms with Crippen molar-refractivity contribution in [1.82, 2.24) is 19.1 Å². The molecular formula is C12H18ClN5O2. The molecule has 0 aromatic carbocycles. The first-order valence-electron chi connectivity index (χ1n) is 6.04. The van der Waals surface area contributed by atoms with Gasteiger partial charge in [-0.15, -0.1) is 17.5 Å². The Morgan fingerprint density at radius 1 is 1.50 bits per heavy atom. The summed E-state index contributed by atoms with van der Waals surface area (Å²) in [5.41, 5.74) is 5.71. The Kier molecular flexibility index (Phi) is 5.29. The number of rotatable bonds is 4. The molecule has 8 heteroatoms. The quantitative estimate of drug-likeness (QED) is 0.841. The molecule has 2 rings (SSSR count). The van der Waals surface area contributed by atoms with Crippen LogP contribution >= 0.6 is 12.4 Å². The minimum atomic E-state index is -0.322. The molecule has 0 saturated heterocycles. The normalized spacial score (nSPS) is 11.9. The average Bonchev–Trinajstić information content (AvgIpc) is 2.74. The van der Waals surface area contributed by atoms with Gasteiger partial charge in [-0.2, -0.15) is 0 Å². The van der Waals surface area contributed by atoms with Gasteiger partial charge in [0.1, 0.15) is 6.54 Å². The number of carbonyl (C=O) groups excluding carboxylic acids is 1. The van der Waals surface area contributed by atoms with Gasteiger partial charge in [-0.1, -0.05) is 6.07 Å². The molecule has 110 valence electrons. The second kappa shape index (κ2) is 6.53. The van der Waals surface area contributed by atoms with E-state index in [-0.39, 0.29) is 36.6 Å². The minimum absolute atomic E-state index is 0. The van der Waals surface area contributed by atoms with Gasteiger partial charge < -0.3 is 10.6 Å². The summed E-state index contributed by atoms with van der Waals surface area (Å²) in [7, 11) is 1.67. The summed E-state index contributed by atoms with van der Waals surface area (Å²) in [6.07, 6.45) is 1.62. The highest BCUT2D eigenvalue weighted by molar-refractivity contribution is 5.85. The third-order valence-corrected chi connectivity index (χ3v) is 3.17. The second-order valence-corrected chi connectivity index (χ2v) is 4.46. The van der Waals surface area contributed by atoms with Crippen molar-refractivity contribution in [1.29, 1.82) is 0 Å². The van der Waals surface area contributed by atoms with Gasteiger partial charge in [-0.3, -0.25) is 9.20 Å². The molecule has 2 aromatic heterocycles. The van der Waals surface area contributed by atoms with E-state index < -0.39 is 0 Å². The summed E-state index contributed by atoms with van der Waals surface area (Å²) in [4.78, 5) is 25.5. The van der Waals surface area contributed by atoms with Crippen LogP contribution in [0.3, 0.4) is 0 Å². The number of hydrogen-bond donors (Lipinski definition) is 1. The Morgan fingerprint density at radius 2 is 2.20 bits per heavy atom. The zero-order valence-electron chi connectivity index (χ0n) is 11.4. The molecule has 0 radical (unpaired) electrons. The minimum Gasteiger partial charge on any atom is -0.340 e. The topological polar surface area (TPSA) is 85.6 Å². The number of nitrogens with two attached hydrogens (primary N) is 1. The van der Waals surface area contributed by atoms with Gasteiger partial charge in [0.15, 0.2) is 5.65 Å². The SMILES string of the molecule is CC(CN)N(C)C(=O)Cn1nc2ccccn2c1=O.Cl. The van der Waals surface area contributed by atoms with Gasteiger partial charge in [-0.05, 0) is 19.1 Å². The van der Waals surface area contributed by atoms with Gasteiger partial charge in [0.2, 0.25) is 5.91 Å². The zero-order valence-corrected chi connectivity index (χ0v) is 12.2. The highest BCUT2D eigenvalue weighted by Gasteiger charge is 2.17. The predicted octanol–water partition coefficient (Wildman–Crippen LogP) is -0.277. The molecule has 0 bridgehead atoms. The van der Waals surface area contributed by atoms with Crippen LogP contribution in [0.2, 0.25) is 0 Å². The maximum atomic E-state index is 12.0. The number of fused-ring (bicyclic) bond motifs is 1. The maximum Gasteiger partial charge on any atom is 0.350 e. The van der Waals surface area contributed by atoms with Crippen molar-refractivity contribution in [3.63, 3.8) is 0 Å². The van der Waals surface area contributed by atoms with E-state index in [4.69, 9.17) is 5.73 Å². The van der Waals surface area contributed by atoms with E-state index in [1.54, 1.807) is 31.4 Å². The Labute approximate surface area is 122 Å². The second-order valence-electron chi connectivity index (χ2n) is 4.46. The molecular weight excluding hydrogens is 282 g/mol. The third-order valence-electron chi connectivity index (χ3n) is 3.17. The smallest absolute Gasteiger partial charge is 0.340 e. The number of nitrogens with zero attached hydrogens (tertiary/aromatic N) is 4. The fourth-order valence-corrected chi connectivity index (χ4v) is 1.71. The van der Waals surface area contributed by atoms with Crippen LogP contribution < -0.4 is 11.4 Å². The Hall–Kier alpha value is -1.86. The molecule has 0 spiro atoms. The van der Waals surface area contributed by atoms with Crippen LogP contribution in [0.5, 0.6) is 0 Å². The number of halogens is 1. The summed E-state index contributed by atoms with van der Waals surface area (Å²) in [5.74, 6) is -0.191. The molecule has 0 aliphatic carbocycles. The molecule has 2 aromatic rings. The molecule has 2 N–H and O–H groups in total. The van der Waals surface area contributed by atoms with Gasteiger partial charge in [-0.25, -0.2) is 9.48 Å². The largest absolute Gasteiger partial charge is 0.350 e. The molecule has 0 aliphatic heterocycles. The number of hydrogen-bond acceptors (Lipinski definition) is 4. The number of pyridine rings is 1. The van der Waals surface area contributed by atoms with E-state index in [2.05, 4.69) is 5.10 Å². The van der Waals surface area contributed by atoms with Crippen LogP contribution in [0.15, 0.2) is 29.2 Å². The lowest BCUT2D eigenvalue weighted by Gasteiger charge is -2.23. The molecule has 0 saturated carbocycles. The Bertz CT molecular complexity index is 651. The molecule has 2 heterocycles. The van der Waals surface area contributed by atoms with E-state index in [1.165, 1.54) is 9.30 Å². The lowest BCUT2D eigenvalue weighted by atomic mass is 10.3. The predicted molar refractivity (Wildman–Crippen MR) is 78.0 cm³/mol. The van der Waals surface area contributed by atoms with Gasteiger partial charge in [0.25, 0.3) is 0 Å². The summed E-state index contributed by atoms with van der Waals surface area (Å²) in [5, 5.41) is 4.11. The Morgan fingerprint density at radius 3 is 2.80 bits per heavy atom. The third kappa shape index (κ3) is 3.00. The Balaban J connectivity index is 0.00000200. The van der Waals surface area contributed by atoms with E-state index in [0.29, 0.717) is 12.2 Å². The van der Waals surface area contributed by atoms with Crippen molar-refractivity contribution in [3.05, 3.63) is 34.9 Å². The number of amides is 1. The number of likely N-dealkylation sites (N-methyl/N-ethyl adjacent to an activating group) is 1. The summed E-state index contributed by atoms with van der Waals surface area (Å²) >= 11 is 0. The van der Waals surface area contributed by atoms with Gasteiger partial charge in [0, 0.05) is 25.8 Å². The molecule has 1 amide bonds. The van der Waals surface area contributed by atoms with Crippen LogP contribution in [0.4, 0.5) is 0 Å². The van der Waals surface area contributed by atoms with Crippen LogP contribution in [0.25, 0.3) is 5.65 Å². The van der Waals surface area contributed by atoms with Crippen molar-refractivity contribution in [2.75, 3.05) is 13.6 Å². The molecule has 20 heavy (non-hydrogen) atoms. The first-order valence-corrected chi connectivity index (χ1v) is 6.04. The molecule has 0 fully saturated rings. The van der Waals surface area contributed by atoms with Crippen LogP contribution in [-0.4, -0.2) is 44.6 Å². The van der Waals surface area contributed by atoms with Crippen molar-refractivity contribution < 1.29 is 4.79 Å². The molecule has 0 aliphatic rings. The first kappa shape index (κ1) is 16.2. The van der Waals surface area contributed by atoms with E-state index in [9.17, 15) is 9.59 Å². The van der Waals surface area contributed by atoms with Crippen LogP contribution in [-0.2, 0) is 11.3 Å². The summed E-state index contributed by atoms with van der Waals surface area (Å²) in [6, 6.07) is 5.18. The standard InChI is InChI=1S/C12H17N5O2.ClH/c1-9(7-13)15(2)11(18)8-17-12(19)16-6-4-3-5-10(16)14-17;/h3-6,9H,7-8,13H2,1-2H3;1H. The molecule has 1 unspecified atom stereocenters. The lowest BCUT2D eigenvalue weighted by Crippen LogP contribution is -2.42. The van der Waals surface area contributed by atoms with Crippen LogP contribution in [0, 0.1) is 0 Å². The van der Waals surface area contributed by atoms with E-state index in [0.717, 1.165) is 4.68 Å². The van der Waals surface area contributed by atoms with Crippen molar-refractivity contribution in [2.45, 2.75) is 19.5 Å². The average molecular weight is 300 g/mol. The van der Waals surface area contributed by atoms with Crippen molar-refractivity contribution >= 4 is 24.0 Å². The monoisotopic (exact) mass is 299 g/mol. The van der Waals surface area contributed by atoms with Gasteiger partial charge in [0.05, 0.1) is 0 Å². The van der Waals surface area contributed by atoms with E-state index >= 15 is 0 Å². The van der Waals surface area contributed by atoms with Crippen LogP contribution in [0.1, 0.15) is 6.92 Å². The highest BCUT2D eigenvalue weighted by Crippen LogP contribution is 1.98. The summed E-state index contributed by atoms with van der Waals surface area (Å²) < 4.78 is 2.57. The number of aromatic nitrogens is 3. The maximum absolute atomic E-state index is 12.0. The number of carbonyl (C=O) groups is 1. The fraction of sp³-hybridized carbons (Fsp3) is 0.417. The highest BCUT2D eigenvalue weighted by atomic mass is 35.5. The summed E-state index contributed by atoms with van der Waals surface area (Å²) in [6.45, 7) is 2.15. The van der Waals surface area contributed by atoms with Crippen molar-refractivity contribution in [3.8, 4) is 0 Å². The lowest BCUT2D eigenvalue weighted by molar-refractivity contribution is -0.132. The zero-order chi connectivity index (χ0) is 14.0. The molecule has 7 nitrogen and oxygen atoms in total.